The number of pyridine rings is 1. The van der Waals surface area contributed by atoms with Gasteiger partial charge in [0, 0.05) is 42.9 Å². The molecule has 1 N–H and O–H groups in total. The van der Waals surface area contributed by atoms with Gasteiger partial charge in [0.25, 0.3) is 0 Å². The van der Waals surface area contributed by atoms with E-state index in [0.717, 1.165) is 35.4 Å². The Morgan fingerprint density at radius 1 is 1.00 bits per heavy atom. The van der Waals surface area contributed by atoms with E-state index in [9.17, 15) is 0 Å². The molecule has 1 aliphatic heterocycles. The number of H-pyrrole nitrogens is 1. The third-order valence-corrected chi connectivity index (χ3v) is 4.11. The molecular weight excluding hydrogens is 262 g/mol. The Kier molecular flexibility index (Phi) is 3.03. The van der Waals surface area contributed by atoms with Crippen LogP contribution in [-0.2, 0) is 0 Å². The standard InChI is InChI=1S/C16H17N5/c1-2-8-21(9-3-1)14-5-7-18-16-15(14)12(10-19-16)13-4-6-17-11-20-13/h4-7,10-11H,1-3,8-9H2,(H,18,19). The van der Waals surface area contributed by atoms with Gasteiger partial charge in [0.05, 0.1) is 11.1 Å². The van der Waals surface area contributed by atoms with E-state index < -0.39 is 0 Å². The maximum absolute atomic E-state index is 4.46. The van der Waals surface area contributed by atoms with Crippen LogP contribution in [0.25, 0.3) is 22.3 Å². The average Bonchev–Trinajstić information content (AvgIpc) is 3.00. The molecule has 5 nitrogen and oxygen atoms in total. The lowest BCUT2D eigenvalue weighted by molar-refractivity contribution is 0.579. The first-order valence-electron chi connectivity index (χ1n) is 7.41. The predicted molar refractivity (Wildman–Crippen MR) is 83.2 cm³/mol. The first-order valence-corrected chi connectivity index (χ1v) is 7.41. The normalized spacial score (nSPS) is 15.5. The largest absolute Gasteiger partial charge is 0.371 e. The number of fused-ring (bicyclic) bond motifs is 1. The minimum absolute atomic E-state index is 0.923. The number of rotatable bonds is 2. The second kappa shape index (κ2) is 5.16. The van der Waals surface area contributed by atoms with Crippen molar-refractivity contribution in [2.24, 2.45) is 0 Å². The van der Waals surface area contributed by atoms with Crippen molar-refractivity contribution in [2.45, 2.75) is 19.3 Å². The van der Waals surface area contributed by atoms with Gasteiger partial charge in [-0.25, -0.2) is 15.0 Å². The van der Waals surface area contributed by atoms with E-state index in [-0.39, 0.29) is 0 Å². The minimum Gasteiger partial charge on any atom is -0.371 e. The molecule has 5 heteroatoms. The third kappa shape index (κ3) is 2.14. The molecule has 3 aromatic rings. The van der Waals surface area contributed by atoms with Crippen LogP contribution in [0.2, 0.25) is 0 Å². The zero-order chi connectivity index (χ0) is 14.1. The van der Waals surface area contributed by atoms with Gasteiger partial charge >= 0.3 is 0 Å². The van der Waals surface area contributed by atoms with Crippen LogP contribution < -0.4 is 4.90 Å². The molecule has 0 spiro atoms. The summed E-state index contributed by atoms with van der Waals surface area (Å²) < 4.78 is 0. The van der Waals surface area contributed by atoms with E-state index in [1.54, 1.807) is 12.5 Å². The molecule has 1 fully saturated rings. The minimum atomic E-state index is 0.923. The van der Waals surface area contributed by atoms with Gasteiger partial charge in [0.2, 0.25) is 0 Å². The number of anilines is 1. The van der Waals surface area contributed by atoms with Crippen molar-refractivity contribution in [3.63, 3.8) is 0 Å². The van der Waals surface area contributed by atoms with Crippen LogP contribution in [-0.4, -0.2) is 33.0 Å². The summed E-state index contributed by atoms with van der Waals surface area (Å²) >= 11 is 0. The van der Waals surface area contributed by atoms with Gasteiger partial charge in [0.1, 0.15) is 12.0 Å². The van der Waals surface area contributed by atoms with Crippen LogP contribution in [0.3, 0.4) is 0 Å². The van der Waals surface area contributed by atoms with Gasteiger partial charge in [0.15, 0.2) is 0 Å². The molecule has 0 atom stereocenters. The molecule has 0 amide bonds. The fourth-order valence-electron chi connectivity index (χ4n) is 3.09. The van der Waals surface area contributed by atoms with E-state index in [4.69, 9.17) is 0 Å². The smallest absolute Gasteiger partial charge is 0.140 e. The summed E-state index contributed by atoms with van der Waals surface area (Å²) in [4.78, 5) is 18.6. The zero-order valence-corrected chi connectivity index (χ0v) is 11.8. The molecule has 0 aliphatic carbocycles. The zero-order valence-electron chi connectivity index (χ0n) is 11.8. The second-order valence-electron chi connectivity index (χ2n) is 5.40. The summed E-state index contributed by atoms with van der Waals surface area (Å²) in [6.07, 6.45) is 11.1. The van der Waals surface area contributed by atoms with Crippen molar-refractivity contribution >= 4 is 16.7 Å². The Hall–Kier alpha value is -2.43. The number of aromatic amines is 1. The number of aromatic nitrogens is 4. The van der Waals surface area contributed by atoms with E-state index in [0.29, 0.717) is 0 Å². The highest BCUT2D eigenvalue weighted by molar-refractivity contribution is 6.01. The number of hydrogen-bond acceptors (Lipinski definition) is 4. The van der Waals surface area contributed by atoms with Gasteiger partial charge < -0.3 is 9.88 Å². The van der Waals surface area contributed by atoms with Crippen LogP contribution in [0.15, 0.2) is 37.1 Å². The number of piperidine rings is 1. The van der Waals surface area contributed by atoms with Crippen molar-refractivity contribution in [1.82, 2.24) is 19.9 Å². The maximum Gasteiger partial charge on any atom is 0.140 e. The fourth-order valence-corrected chi connectivity index (χ4v) is 3.09. The highest BCUT2D eigenvalue weighted by atomic mass is 15.1. The molecule has 0 radical (unpaired) electrons. The summed E-state index contributed by atoms with van der Waals surface area (Å²) in [7, 11) is 0. The predicted octanol–water partition coefficient (Wildman–Crippen LogP) is 3.01. The van der Waals surface area contributed by atoms with Crippen LogP contribution in [0, 0.1) is 0 Å². The molecule has 1 aliphatic rings. The lowest BCUT2D eigenvalue weighted by Crippen LogP contribution is -2.29. The van der Waals surface area contributed by atoms with Crippen LogP contribution in [0.1, 0.15) is 19.3 Å². The summed E-state index contributed by atoms with van der Waals surface area (Å²) in [6.45, 7) is 2.24. The van der Waals surface area contributed by atoms with Gasteiger partial charge in [-0.05, 0) is 31.4 Å². The Balaban J connectivity index is 1.89. The third-order valence-electron chi connectivity index (χ3n) is 4.11. The lowest BCUT2D eigenvalue weighted by atomic mass is 10.1. The number of nitrogens with zero attached hydrogens (tertiary/aromatic N) is 4. The monoisotopic (exact) mass is 279 g/mol. The first-order chi connectivity index (χ1) is 10.4. The maximum atomic E-state index is 4.46. The number of nitrogens with one attached hydrogen (secondary N) is 1. The summed E-state index contributed by atoms with van der Waals surface area (Å²) in [5.41, 5.74) is 4.21. The molecule has 0 bridgehead atoms. The molecule has 106 valence electrons. The van der Waals surface area contributed by atoms with Crippen molar-refractivity contribution in [2.75, 3.05) is 18.0 Å². The van der Waals surface area contributed by atoms with E-state index >= 15 is 0 Å². The van der Waals surface area contributed by atoms with Crippen molar-refractivity contribution in [3.05, 3.63) is 37.1 Å². The molecule has 0 unspecified atom stereocenters. The SMILES string of the molecule is c1cc(-c2c[nH]c3nccc(N4CCCCC4)c23)ncn1. The Bertz CT molecular complexity index is 744. The highest BCUT2D eigenvalue weighted by Gasteiger charge is 2.18. The van der Waals surface area contributed by atoms with Crippen molar-refractivity contribution in [1.29, 1.82) is 0 Å². The molecule has 3 aromatic heterocycles. The molecule has 1 saturated heterocycles. The van der Waals surface area contributed by atoms with Crippen molar-refractivity contribution in [3.8, 4) is 11.3 Å². The van der Waals surface area contributed by atoms with E-state index in [1.807, 2.05) is 18.5 Å². The van der Waals surface area contributed by atoms with Crippen molar-refractivity contribution < 1.29 is 0 Å². The van der Waals surface area contributed by atoms with Crippen LogP contribution in [0.5, 0.6) is 0 Å². The molecule has 4 heterocycles. The van der Waals surface area contributed by atoms with Gasteiger partial charge in [-0.3, -0.25) is 0 Å². The van der Waals surface area contributed by atoms with Gasteiger partial charge in [-0.2, -0.15) is 0 Å². The fraction of sp³-hybridized carbons (Fsp3) is 0.312. The van der Waals surface area contributed by atoms with E-state index in [2.05, 4.69) is 30.9 Å². The van der Waals surface area contributed by atoms with Crippen LogP contribution >= 0.6 is 0 Å². The topological polar surface area (TPSA) is 57.7 Å². The average molecular weight is 279 g/mol. The Morgan fingerprint density at radius 3 is 2.71 bits per heavy atom. The Morgan fingerprint density at radius 2 is 1.90 bits per heavy atom. The lowest BCUT2D eigenvalue weighted by Gasteiger charge is -2.29. The first kappa shape index (κ1) is 12.3. The molecule has 4 rings (SSSR count). The molecule has 21 heavy (non-hydrogen) atoms. The second-order valence-corrected chi connectivity index (χ2v) is 5.40. The van der Waals surface area contributed by atoms with E-state index in [1.165, 1.54) is 24.9 Å². The molecule has 0 aromatic carbocycles. The highest BCUT2D eigenvalue weighted by Crippen LogP contribution is 2.34. The van der Waals surface area contributed by atoms with Gasteiger partial charge in [-0.15, -0.1) is 0 Å². The number of hydrogen-bond donors (Lipinski definition) is 1. The van der Waals surface area contributed by atoms with Crippen LogP contribution in [0.4, 0.5) is 5.69 Å². The quantitative estimate of drug-likeness (QED) is 0.783. The summed E-state index contributed by atoms with van der Waals surface area (Å²) in [5, 5.41) is 1.16. The molecular formula is C16H17N5. The van der Waals surface area contributed by atoms with Gasteiger partial charge in [-0.1, -0.05) is 0 Å². The molecule has 0 saturated carbocycles. The summed E-state index contributed by atoms with van der Waals surface area (Å²) in [6, 6.07) is 4.06. The Labute approximate surface area is 123 Å². The summed E-state index contributed by atoms with van der Waals surface area (Å²) in [5.74, 6) is 0.